The van der Waals surface area contributed by atoms with Crippen molar-refractivity contribution in [2.45, 2.75) is 45.2 Å². The SMILES string of the molecule is CCC(C)Cc1c(C)sc2nc(SCC(=O)NCCc3ccc(OC)c(OC)c3)[nH]c(=O)c12. The van der Waals surface area contributed by atoms with Crippen LogP contribution in [0.1, 0.15) is 36.3 Å². The van der Waals surface area contributed by atoms with Gasteiger partial charge in [0.25, 0.3) is 5.56 Å². The molecule has 1 amide bonds. The van der Waals surface area contributed by atoms with Crippen LogP contribution in [0.25, 0.3) is 10.2 Å². The molecule has 1 unspecified atom stereocenters. The number of ether oxygens (including phenoxy) is 2. The number of nitrogens with zero attached hydrogens (tertiary/aromatic N) is 1. The van der Waals surface area contributed by atoms with E-state index in [9.17, 15) is 9.59 Å². The van der Waals surface area contributed by atoms with Gasteiger partial charge < -0.3 is 19.8 Å². The minimum Gasteiger partial charge on any atom is -0.493 e. The first-order chi connectivity index (χ1) is 15.9. The van der Waals surface area contributed by atoms with Crippen LogP contribution < -0.4 is 20.3 Å². The van der Waals surface area contributed by atoms with Crippen LogP contribution in [0.15, 0.2) is 28.2 Å². The number of aromatic amines is 1. The second-order valence-electron chi connectivity index (χ2n) is 7.98. The van der Waals surface area contributed by atoms with E-state index in [2.05, 4.69) is 29.1 Å². The molecule has 2 aromatic heterocycles. The van der Waals surface area contributed by atoms with Gasteiger partial charge in [-0.2, -0.15) is 0 Å². The highest BCUT2D eigenvalue weighted by atomic mass is 32.2. The van der Waals surface area contributed by atoms with Crippen molar-refractivity contribution in [1.82, 2.24) is 15.3 Å². The number of aromatic nitrogens is 2. The Morgan fingerprint density at radius 3 is 2.73 bits per heavy atom. The summed E-state index contributed by atoms with van der Waals surface area (Å²) in [7, 11) is 3.20. The molecule has 2 N–H and O–H groups in total. The zero-order valence-electron chi connectivity index (χ0n) is 19.7. The van der Waals surface area contributed by atoms with Gasteiger partial charge in [-0.15, -0.1) is 11.3 Å². The molecule has 0 aliphatic rings. The summed E-state index contributed by atoms with van der Waals surface area (Å²) in [5.41, 5.74) is 2.01. The minimum absolute atomic E-state index is 0.108. The Balaban J connectivity index is 1.57. The predicted octanol–water partition coefficient (Wildman–Crippen LogP) is 4.35. The molecular formula is C24H31N3O4S2. The topological polar surface area (TPSA) is 93.3 Å². The van der Waals surface area contributed by atoms with Gasteiger partial charge in [-0.1, -0.05) is 38.1 Å². The van der Waals surface area contributed by atoms with Gasteiger partial charge in [-0.25, -0.2) is 4.98 Å². The van der Waals surface area contributed by atoms with Crippen molar-refractivity contribution in [3.05, 3.63) is 44.6 Å². The largest absolute Gasteiger partial charge is 0.493 e. The van der Waals surface area contributed by atoms with E-state index >= 15 is 0 Å². The van der Waals surface area contributed by atoms with Gasteiger partial charge >= 0.3 is 0 Å². The summed E-state index contributed by atoms with van der Waals surface area (Å²) in [4.78, 5) is 34.4. The van der Waals surface area contributed by atoms with Crippen LogP contribution in [0.4, 0.5) is 0 Å². The Hall–Kier alpha value is -2.52. The number of carbonyl (C=O) groups excluding carboxylic acids is 1. The van der Waals surface area contributed by atoms with Gasteiger partial charge in [0.1, 0.15) is 4.83 Å². The summed E-state index contributed by atoms with van der Waals surface area (Å²) in [5.74, 6) is 1.93. The fraction of sp³-hybridized carbons (Fsp3) is 0.458. The third-order valence-corrected chi connectivity index (χ3v) is 7.53. The van der Waals surface area contributed by atoms with Crippen LogP contribution in [-0.2, 0) is 17.6 Å². The normalized spacial score (nSPS) is 12.0. The van der Waals surface area contributed by atoms with E-state index in [0.717, 1.165) is 33.7 Å². The third-order valence-electron chi connectivity index (χ3n) is 5.61. The van der Waals surface area contributed by atoms with Gasteiger partial charge in [-0.05, 0) is 48.9 Å². The number of carbonyl (C=O) groups is 1. The van der Waals surface area contributed by atoms with Crippen molar-refractivity contribution >= 4 is 39.2 Å². The summed E-state index contributed by atoms with van der Waals surface area (Å²) in [6.07, 6.45) is 2.62. The Kier molecular flexibility index (Phi) is 8.80. The Bertz CT molecular complexity index is 1170. The zero-order chi connectivity index (χ0) is 24.0. The molecule has 3 aromatic rings. The smallest absolute Gasteiger partial charge is 0.260 e. The molecule has 0 saturated carbocycles. The standard InChI is InChI=1S/C24H31N3O4S2/c1-6-14(2)11-17-15(3)33-23-21(17)22(29)26-24(27-23)32-13-20(28)25-10-9-16-7-8-18(30-4)19(12-16)31-5/h7-8,12,14H,6,9-11,13H2,1-5H3,(H,25,28)(H,26,27,29). The van der Waals surface area contributed by atoms with E-state index in [-0.39, 0.29) is 17.2 Å². The molecule has 0 fully saturated rings. The Morgan fingerprint density at radius 1 is 1.27 bits per heavy atom. The molecule has 9 heteroatoms. The highest BCUT2D eigenvalue weighted by Crippen LogP contribution is 2.30. The zero-order valence-corrected chi connectivity index (χ0v) is 21.4. The van der Waals surface area contributed by atoms with E-state index in [1.54, 1.807) is 25.6 Å². The predicted molar refractivity (Wildman–Crippen MR) is 135 cm³/mol. The quantitative estimate of drug-likeness (QED) is 0.307. The van der Waals surface area contributed by atoms with E-state index in [1.807, 2.05) is 25.1 Å². The number of hydrogen-bond acceptors (Lipinski definition) is 7. The third kappa shape index (κ3) is 6.29. The molecule has 0 saturated heterocycles. The number of benzene rings is 1. The molecule has 0 spiro atoms. The number of H-pyrrole nitrogens is 1. The number of nitrogens with one attached hydrogen (secondary N) is 2. The van der Waals surface area contributed by atoms with Gasteiger partial charge in [-0.3, -0.25) is 9.59 Å². The Labute approximate surface area is 202 Å². The van der Waals surface area contributed by atoms with Crippen molar-refractivity contribution in [1.29, 1.82) is 0 Å². The first kappa shape index (κ1) is 25.1. The lowest BCUT2D eigenvalue weighted by Gasteiger charge is -2.10. The lowest BCUT2D eigenvalue weighted by atomic mass is 9.98. The number of thiophene rings is 1. The van der Waals surface area contributed by atoms with E-state index in [0.29, 0.717) is 40.9 Å². The molecule has 7 nitrogen and oxygen atoms in total. The molecule has 0 bridgehead atoms. The number of rotatable bonds is 11. The van der Waals surface area contributed by atoms with E-state index < -0.39 is 0 Å². The van der Waals surface area contributed by atoms with Crippen molar-refractivity contribution in [2.24, 2.45) is 5.92 Å². The molecule has 1 atom stereocenters. The van der Waals surface area contributed by atoms with E-state index in [1.165, 1.54) is 11.8 Å². The molecule has 33 heavy (non-hydrogen) atoms. The lowest BCUT2D eigenvalue weighted by Crippen LogP contribution is -2.27. The second-order valence-corrected chi connectivity index (χ2v) is 10.2. The van der Waals surface area contributed by atoms with Crippen LogP contribution in [0, 0.1) is 12.8 Å². The fourth-order valence-electron chi connectivity index (χ4n) is 3.53. The molecule has 0 radical (unpaired) electrons. The van der Waals surface area contributed by atoms with Gasteiger partial charge in [0, 0.05) is 11.4 Å². The summed E-state index contributed by atoms with van der Waals surface area (Å²) in [5, 5.41) is 4.08. The average molecular weight is 490 g/mol. The molecule has 1 aromatic carbocycles. The molecule has 3 rings (SSSR count). The van der Waals surface area contributed by atoms with Crippen LogP contribution in [0.5, 0.6) is 11.5 Å². The Morgan fingerprint density at radius 2 is 2.03 bits per heavy atom. The van der Waals surface area contributed by atoms with Crippen LogP contribution in [0.3, 0.4) is 0 Å². The molecule has 2 heterocycles. The van der Waals surface area contributed by atoms with Gasteiger partial charge in [0.05, 0.1) is 25.4 Å². The molecular weight excluding hydrogens is 458 g/mol. The van der Waals surface area contributed by atoms with Gasteiger partial charge in [0.2, 0.25) is 5.91 Å². The first-order valence-electron chi connectivity index (χ1n) is 11.0. The summed E-state index contributed by atoms with van der Waals surface area (Å²) < 4.78 is 10.6. The number of methoxy groups -OCH3 is 2. The number of amides is 1. The average Bonchev–Trinajstić information content (AvgIpc) is 3.12. The molecule has 0 aliphatic heterocycles. The highest BCUT2D eigenvalue weighted by Gasteiger charge is 2.17. The highest BCUT2D eigenvalue weighted by molar-refractivity contribution is 7.99. The van der Waals surface area contributed by atoms with Crippen LogP contribution in [-0.4, -0.2) is 42.4 Å². The summed E-state index contributed by atoms with van der Waals surface area (Å²) in [6.45, 7) is 6.90. The molecule has 178 valence electrons. The van der Waals surface area contributed by atoms with Crippen LogP contribution in [0.2, 0.25) is 0 Å². The van der Waals surface area contributed by atoms with Gasteiger partial charge in [0.15, 0.2) is 16.7 Å². The number of fused-ring (bicyclic) bond motifs is 1. The number of hydrogen-bond donors (Lipinski definition) is 2. The second kappa shape index (κ2) is 11.6. The number of aryl methyl sites for hydroxylation is 1. The van der Waals surface area contributed by atoms with Crippen molar-refractivity contribution in [2.75, 3.05) is 26.5 Å². The lowest BCUT2D eigenvalue weighted by molar-refractivity contribution is -0.118. The van der Waals surface area contributed by atoms with Crippen molar-refractivity contribution in [3.63, 3.8) is 0 Å². The minimum atomic E-state index is -0.126. The fourth-order valence-corrected chi connectivity index (χ4v) is 5.33. The van der Waals surface area contributed by atoms with E-state index in [4.69, 9.17) is 9.47 Å². The monoisotopic (exact) mass is 489 g/mol. The van der Waals surface area contributed by atoms with Crippen molar-refractivity contribution < 1.29 is 14.3 Å². The summed E-state index contributed by atoms with van der Waals surface area (Å²) >= 11 is 2.79. The number of thioether (sulfide) groups is 1. The maximum absolute atomic E-state index is 12.8. The molecule has 0 aliphatic carbocycles. The maximum Gasteiger partial charge on any atom is 0.260 e. The maximum atomic E-state index is 12.8. The van der Waals surface area contributed by atoms with Crippen LogP contribution >= 0.6 is 23.1 Å². The summed E-state index contributed by atoms with van der Waals surface area (Å²) in [6, 6.07) is 5.71. The first-order valence-corrected chi connectivity index (χ1v) is 12.8. The van der Waals surface area contributed by atoms with Crippen molar-refractivity contribution in [3.8, 4) is 11.5 Å².